The second kappa shape index (κ2) is 6.90. The molecule has 126 valence electrons. The van der Waals surface area contributed by atoms with Crippen LogP contribution in [0.25, 0.3) is 0 Å². The molecule has 3 nitrogen and oxygen atoms in total. The van der Waals surface area contributed by atoms with Gasteiger partial charge < -0.3 is 5.32 Å². The maximum atomic E-state index is 12.5. The molecule has 0 aromatic heterocycles. The van der Waals surface area contributed by atoms with E-state index in [1.54, 1.807) is 0 Å². The number of carbonyl (C=O) groups is 1. The van der Waals surface area contributed by atoms with E-state index in [0.29, 0.717) is 24.7 Å². The van der Waals surface area contributed by atoms with Gasteiger partial charge >= 0.3 is 0 Å². The van der Waals surface area contributed by atoms with Gasteiger partial charge in [0.2, 0.25) is 5.91 Å². The third kappa shape index (κ3) is 3.50. The Hall–Kier alpha value is -0.570. The molecule has 1 amide bonds. The minimum absolute atomic E-state index is 0.246. The van der Waals surface area contributed by atoms with Gasteiger partial charge in [0.05, 0.1) is 6.54 Å². The Morgan fingerprint density at radius 2 is 1.82 bits per heavy atom. The van der Waals surface area contributed by atoms with Crippen LogP contribution in [0.4, 0.5) is 0 Å². The molecular weight excluding hydrogens is 272 g/mol. The first kappa shape index (κ1) is 16.3. The van der Waals surface area contributed by atoms with Crippen LogP contribution >= 0.6 is 0 Å². The fourth-order valence-corrected chi connectivity index (χ4v) is 5.45. The normalized spacial score (nSPS) is 33.0. The van der Waals surface area contributed by atoms with E-state index in [0.717, 1.165) is 17.8 Å². The largest absolute Gasteiger partial charge is 0.352 e. The Kier molecular flexibility index (Phi) is 5.11. The van der Waals surface area contributed by atoms with Crippen molar-refractivity contribution in [2.45, 2.75) is 90.3 Å². The van der Waals surface area contributed by atoms with Crippen LogP contribution in [-0.2, 0) is 4.79 Å². The molecule has 22 heavy (non-hydrogen) atoms. The van der Waals surface area contributed by atoms with Gasteiger partial charge in [0.15, 0.2) is 0 Å². The van der Waals surface area contributed by atoms with Gasteiger partial charge in [-0.2, -0.15) is 0 Å². The molecule has 0 saturated heterocycles. The topological polar surface area (TPSA) is 32.3 Å². The highest BCUT2D eigenvalue weighted by molar-refractivity contribution is 5.78. The molecule has 3 fully saturated rings. The molecule has 0 radical (unpaired) electrons. The number of nitrogens with zero attached hydrogens (tertiary/aromatic N) is 1. The van der Waals surface area contributed by atoms with Crippen molar-refractivity contribution in [2.75, 3.05) is 6.54 Å². The molecule has 4 atom stereocenters. The Bertz CT molecular complexity index is 389. The number of nitrogens with one attached hydrogen (secondary N) is 1. The summed E-state index contributed by atoms with van der Waals surface area (Å²) in [5, 5.41) is 3.33. The highest BCUT2D eigenvalue weighted by atomic mass is 16.2. The summed E-state index contributed by atoms with van der Waals surface area (Å²) in [7, 11) is 0. The van der Waals surface area contributed by atoms with E-state index in [9.17, 15) is 4.79 Å². The second-order valence-corrected chi connectivity index (χ2v) is 8.40. The Balaban J connectivity index is 1.50. The average molecular weight is 306 g/mol. The van der Waals surface area contributed by atoms with Gasteiger partial charge in [-0.15, -0.1) is 0 Å². The maximum absolute atomic E-state index is 12.5. The van der Waals surface area contributed by atoms with Crippen molar-refractivity contribution in [1.29, 1.82) is 0 Å². The maximum Gasteiger partial charge on any atom is 0.234 e. The highest BCUT2D eigenvalue weighted by Crippen LogP contribution is 2.49. The molecule has 3 rings (SSSR count). The minimum atomic E-state index is 0.246. The van der Waals surface area contributed by atoms with Gasteiger partial charge in [0, 0.05) is 18.1 Å². The van der Waals surface area contributed by atoms with Gasteiger partial charge in [-0.05, 0) is 70.6 Å². The number of hydrogen-bond donors (Lipinski definition) is 1. The van der Waals surface area contributed by atoms with Crippen LogP contribution in [-0.4, -0.2) is 35.5 Å². The average Bonchev–Trinajstić information content (AvgIpc) is 3.20. The van der Waals surface area contributed by atoms with E-state index in [-0.39, 0.29) is 5.91 Å². The van der Waals surface area contributed by atoms with Crippen LogP contribution in [0.15, 0.2) is 0 Å². The van der Waals surface area contributed by atoms with Gasteiger partial charge in [-0.1, -0.05) is 19.3 Å². The van der Waals surface area contributed by atoms with E-state index < -0.39 is 0 Å². The van der Waals surface area contributed by atoms with E-state index in [4.69, 9.17) is 0 Å². The fraction of sp³-hybridized carbons (Fsp3) is 0.947. The highest BCUT2D eigenvalue weighted by Gasteiger charge is 2.42. The Morgan fingerprint density at radius 1 is 1.09 bits per heavy atom. The standard InChI is InChI=1S/C19H34N2O/c1-13(2)21(17-6-4-5-7-17)12-19(22)20-14(3)18-11-15-8-9-16(18)10-15/h13-18H,4-12H2,1-3H3,(H,20,22). The zero-order chi connectivity index (χ0) is 15.7. The van der Waals surface area contributed by atoms with Crippen LogP contribution in [0, 0.1) is 17.8 Å². The van der Waals surface area contributed by atoms with Gasteiger partial charge in [-0.25, -0.2) is 0 Å². The van der Waals surface area contributed by atoms with Crippen LogP contribution in [0.5, 0.6) is 0 Å². The molecule has 3 aliphatic carbocycles. The first-order chi connectivity index (χ1) is 10.5. The summed E-state index contributed by atoms with van der Waals surface area (Å²) in [4.78, 5) is 15.0. The summed E-state index contributed by atoms with van der Waals surface area (Å²) < 4.78 is 0. The molecule has 0 spiro atoms. The number of amides is 1. The number of fused-ring (bicyclic) bond motifs is 2. The fourth-order valence-electron chi connectivity index (χ4n) is 5.45. The lowest BCUT2D eigenvalue weighted by Crippen LogP contribution is -2.49. The summed E-state index contributed by atoms with van der Waals surface area (Å²) in [6.07, 6.45) is 10.8. The number of rotatable bonds is 6. The van der Waals surface area contributed by atoms with Crippen molar-refractivity contribution < 1.29 is 4.79 Å². The molecular formula is C19H34N2O. The Labute approximate surface area is 136 Å². The lowest BCUT2D eigenvalue weighted by atomic mass is 9.84. The number of carbonyl (C=O) groups excluding carboxylic acids is 1. The summed E-state index contributed by atoms with van der Waals surface area (Å²) in [6, 6.07) is 1.45. The van der Waals surface area contributed by atoms with Crippen molar-refractivity contribution in [2.24, 2.45) is 17.8 Å². The van der Waals surface area contributed by atoms with Crippen molar-refractivity contribution in [3.8, 4) is 0 Å². The van der Waals surface area contributed by atoms with Crippen LogP contribution < -0.4 is 5.32 Å². The minimum Gasteiger partial charge on any atom is -0.352 e. The molecule has 0 aromatic rings. The van der Waals surface area contributed by atoms with E-state index in [1.807, 2.05) is 0 Å². The molecule has 0 aliphatic heterocycles. The van der Waals surface area contributed by atoms with Crippen LogP contribution in [0.3, 0.4) is 0 Å². The zero-order valence-electron chi connectivity index (χ0n) is 14.7. The van der Waals surface area contributed by atoms with E-state index in [2.05, 4.69) is 31.0 Å². The smallest absolute Gasteiger partial charge is 0.234 e. The molecule has 0 heterocycles. The van der Waals surface area contributed by atoms with E-state index in [1.165, 1.54) is 51.4 Å². The molecule has 3 heteroatoms. The van der Waals surface area contributed by atoms with Crippen LogP contribution in [0.1, 0.15) is 72.1 Å². The summed E-state index contributed by atoms with van der Waals surface area (Å²) in [5.74, 6) is 2.83. The van der Waals surface area contributed by atoms with Crippen molar-refractivity contribution in [3.05, 3.63) is 0 Å². The van der Waals surface area contributed by atoms with Gasteiger partial charge in [0.25, 0.3) is 0 Å². The molecule has 4 unspecified atom stereocenters. The lowest BCUT2D eigenvalue weighted by Gasteiger charge is -2.33. The SMILES string of the molecule is CC(NC(=O)CN(C(C)C)C1CCCC1)C1CC2CCC1C2. The summed E-state index contributed by atoms with van der Waals surface area (Å²) in [5.41, 5.74) is 0. The van der Waals surface area contributed by atoms with Crippen LogP contribution in [0.2, 0.25) is 0 Å². The molecule has 1 N–H and O–H groups in total. The molecule has 2 bridgehead atoms. The monoisotopic (exact) mass is 306 g/mol. The summed E-state index contributed by atoms with van der Waals surface area (Å²) >= 11 is 0. The Morgan fingerprint density at radius 3 is 2.36 bits per heavy atom. The summed E-state index contributed by atoms with van der Waals surface area (Å²) in [6.45, 7) is 7.28. The van der Waals surface area contributed by atoms with E-state index >= 15 is 0 Å². The first-order valence-electron chi connectivity index (χ1n) is 9.59. The first-order valence-corrected chi connectivity index (χ1v) is 9.59. The van der Waals surface area contributed by atoms with Crippen molar-refractivity contribution >= 4 is 5.91 Å². The molecule has 3 saturated carbocycles. The molecule has 0 aromatic carbocycles. The number of hydrogen-bond acceptors (Lipinski definition) is 2. The van der Waals surface area contributed by atoms with Gasteiger partial charge in [0.1, 0.15) is 0 Å². The van der Waals surface area contributed by atoms with Crippen molar-refractivity contribution in [1.82, 2.24) is 10.2 Å². The second-order valence-electron chi connectivity index (χ2n) is 8.40. The lowest BCUT2D eigenvalue weighted by molar-refractivity contribution is -0.124. The molecule has 3 aliphatic rings. The predicted octanol–water partition coefficient (Wildman–Crippen LogP) is 3.58. The third-order valence-electron chi connectivity index (χ3n) is 6.61. The van der Waals surface area contributed by atoms with Crippen molar-refractivity contribution in [3.63, 3.8) is 0 Å². The zero-order valence-corrected chi connectivity index (χ0v) is 14.7. The predicted molar refractivity (Wildman–Crippen MR) is 90.6 cm³/mol. The quantitative estimate of drug-likeness (QED) is 0.813. The third-order valence-corrected chi connectivity index (χ3v) is 6.61. The van der Waals surface area contributed by atoms with Gasteiger partial charge in [-0.3, -0.25) is 9.69 Å².